The highest BCUT2D eigenvalue weighted by Gasteiger charge is 2.18. The Labute approximate surface area is 144 Å². The minimum atomic E-state index is -0.883. The molecule has 25 heavy (non-hydrogen) atoms. The lowest BCUT2D eigenvalue weighted by atomic mass is 10.2. The quantitative estimate of drug-likeness (QED) is 0.691. The van der Waals surface area contributed by atoms with E-state index in [9.17, 15) is 9.59 Å². The van der Waals surface area contributed by atoms with Gasteiger partial charge in [-0.1, -0.05) is 47.7 Å². The molecule has 1 atom stereocenters. The van der Waals surface area contributed by atoms with Crippen LogP contribution < -0.4 is 5.32 Å². The summed E-state index contributed by atoms with van der Waals surface area (Å²) in [6.07, 6.45) is -0.883. The molecule has 3 rings (SSSR count). The Bertz CT molecular complexity index is 876. The Kier molecular flexibility index (Phi) is 5.03. The third kappa shape index (κ3) is 4.20. The Balaban J connectivity index is 1.52. The van der Waals surface area contributed by atoms with Gasteiger partial charge in [0.25, 0.3) is 5.91 Å². The van der Waals surface area contributed by atoms with Crippen LogP contribution in [-0.4, -0.2) is 33.0 Å². The predicted octanol–water partition coefficient (Wildman–Crippen LogP) is 1.68. The van der Waals surface area contributed by atoms with Gasteiger partial charge < -0.3 is 10.1 Å². The molecule has 0 aliphatic carbocycles. The maximum Gasteiger partial charge on any atom is 0.328 e. The lowest BCUT2D eigenvalue weighted by molar-refractivity contribution is -0.155. The third-order valence-corrected chi connectivity index (χ3v) is 3.69. The number of aromatic nitrogens is 3. The van der Waals surface area contributed by atoms with Crippen molar-refractivity contribution in [2.45, 2.75) is 26.1 Å². The Morgan fingerprint density at radius 3 is 2.64 bits per heavy atom. The van der Waals surface area contributed by atoms with Crippen LogP contribution in [0.2, 0.25) is 0 Å². The summed E-state index contributed by atoms with van der Waals surface area (Å²) in [5.74, 6) is -0.890. The van der Waals surface area contributed by atoms with Crippen LogP contribution in [0.1, 0.15) is 12.5 Å². The Hall–Kier alpha value is -3.22. The molecule has 0 aliphatic rings. The first kappa shape index (κ1) is 16.6. The number of fused-ring (bicyclic) bond motifs is 1. The van der Waals surface area contributed by atoms with Crippen LogP contribution >= 0.6 is 0 Å². The minimum absolute atomic E-state index is 0.100. The molecular formula is C18H18N4O3. The number of carbonyl (C=O) groups is 2. The minimum Gasteiger partial charge on any atom is -0.451 e. The standard InChI is InChI=1S/C18H18N4O3/c1-13(18(24)19-11-14-7-3-2-4-8-14)25-17(23)12-22-16-10-6-5-9-15(16)20-21-22/h2-10,13H,11-12H2,1H3,(H,19,24)/t13-/m0/s1. The number of nitrogens with zero attached hydrogens (tertiary/aromatic N) is 3. The van der Waals surface area contributed by atoms with Crippen LogP contribution in [0.15, 0.2) is 54.6 Å². The second-order valence-electron chi connectivity index (χ2n) is 5.57. The molecular weight excluding hydrogens is 320 g/mol. The van der Waals surface area contributed by atoms with Crippen molar-refractivity contribution in [3.05, 3.63) is 60.2 Å². The van der Waals surface area contributed by atoms with Crippen LogP contribution in [0.3, 0.4) is 0 Å². The Morgan fingerprint density at radius 2 is 1.84 bits per heavy atom. The summed E-state index contributed by atoms with van der Waals surface area (Å²) in [5, 5.41) is 10.6. The van der Waals surface area contributed by atoms with Gasteiger partial charge in [0.15, 0.2) is 6.10 Å². The number of nitrogens with one attached hydrogen (secondary N) is 1. The molecule has 1 N–H and O–H groups in total. The number of benzene rings is 2. The van der Waals surface area contributed by atoms with Crippen molar-refractivity contribution >= 4 is 22.9 Å². The van der Waals surface area contributed by atoms with Crippen LogP contribution in [0.4, 0.5) is 0 Å². The van der Waals surface area contributed by atoms with Crippen molar-refractivity contribution < 1.29 is 14.3 Å². The van der Waals surface area contributed by atoms with Gasteiger partial charge in [0.1, 0.15) is 12.1 Å². The summed E-state index contributed by atoms with van der Waals surface area (Å²) in [6.45, 7) is 1.82. The molecule has 0 spiro atoms. The smallest absolute Gasteiger partial charge is 0.328 e. The van der Waals surface area contributed by atoms with Gasteiger partial charge in [-0.15, -0.1) is 5.10 Å². The van der Waals surface area contributed by atoms with Crippen molar-refractivity contribution in [1.82, 2.24) is 20.3 Å². The van der Waals surface area contributed by atoms with Gasteiger partial charge in [-0.25, -0.2) is 4.68 Å². The lowest BCUT2D eigenvalue weighted by Crippen LogP contribution is -2.36. The molecule has 2 aromatic carbocycles. The summed E-state index contributed by atoms with van der Waals surface area (Å²) >= 11 is 0. The van der Waals surface area contributed by atoms with Crippen molar-refractivity contribution in [2.24, 2.45) is 0 Å². The van der Waals surface area contributed by atoms with E-state index >= 15 is 0 Å². The molecule has 0 fully saturated rings. The number of hydrogen-bond donors (Lipinski definition) is 1. The average molecular weight is 338 g/mol. The number of esters is 1. The van der Waals surface area contributed by atoms with Gasteiger partial charge in [-0.05, 0) is 24.6 Å². The highest BCUT2D eigenvalue weighted by Crippen LogP contribution is 2.09. The van der Waals surface area contributed by atoms with E-state index in [2.05, 4.69) is 15.6 Å². The second kappa shape index (κ2) is 7.57. The number of ether oxygens (including phenoxy) is 1. The molecule has 7 nitrogen and oxygen atoms in total. The first-order chi connectivity index (χ1) is 12.1. The molecule has 1 aromatic heterocycles. The van der Waals surface area contributed by atoms with Crippen molar-refractivity contribution in [3.8, 4) is 0 Å². The van der Waals surface area contributed by atoms with Crippen molar-refractivity contribution in [2.75, 3.05) is 0 Å². The molecule has 0 saturated carbocycles. The van der Waals surface area contributed by atoms with Gasteiger partial charge in [0.05, 0.1) is 5.52 Å². The van der Waals surface area contributed by atoms with E-state index in [4.69, 9.17) is 4.74 Å². The SMILES string of the molecule is C[C@H](OC(=O)Cn1nnc2ccccc21)C(=O)NCc1ccccc1. The molecule has 0 saturated heterocycles. The van der Waals surface area contributed by atoms with E-state index in [1.807, 2.05) is 54.6 Å². The zero-order chi connectivity index (χ0) is 17.6. The maximum atomic E-state index is 12.1. The van der Waals surface area contributed by atoms with E-state index in [1.54, 1.807) is 0 Å². The molecule has 1 heterocycles. The van der Waals surface area contributed by atoms with E-state index < -0.39 is 12.1 Å². The van der Waals surface area contributed by atoms with E-state index in [-0.39, 0.29) is 12.5 Å². The molecule has 0 aliphatic heterocycles. The number of para-hydroxylation sites is 1. The fourth-order valence-corrected chi connectivity index (χ4v) is 2.37. The summed E-state index contributed by atoms with van der Waals surface area (Å²) < 4.78 is 6.63. The normalized spacial score (nSPS) is 11.9. The summed E-state index contributed by atoms with van der Waals surface area (Å²) in [5.41, 5.74) is 2.41. The van der Waals surface area contributed by atoms with Gasteiger partial charge in [0.2, 0.25) is 0 Å². The van der Waals surface area contributed by atoms with Gasteiger partial charge >= 0.3 is 5.97 Å². The fourth-order valence-electron chi connectivity index (χ4n) is 2.37. The van der Waals surface area contributed by atoms with Crippen LogP contribution in [-0.2, 0) is 27.4 Å². The lowest BCUT2D eigenvalue weighted by Gasteiger charge is -2.13. The van der Waals surface area contributed by atoms with Crippen LogP contribution in [0, 0.1) is 0 Å². The molecule has 0 bridgehead atoms. The highest BCUT2D eigenvalue weighted by atomic mass is 16.5. The molecule has 3 aromatic rings. The monoisotopic (exact) mass is 338 g/mol. The maximum absolute atomic E-state index is 12.1. The molecule has 0 radical (unpaired) electrons. The van der Waals surface area contributed by atoms with Gasteiger partial charge in [-0.3, -0.25) is 9.59 Å². The number of hydrogen-bond acceptors (Lipinski definition) is 5. The van der Waals surface area contributed by atoms with Crippen LogP contribution in [0.25, 0.3) is 11.0 Å². The highest BCUT2D eigenvalue weighted by molar-refractivity contribution is 5.83. The van der Waals surface area contributed by atoms with Crippen LogP contribution in [0.5, 0.6) is 0 Å². The van der Waals surface area contributed by atoms with Crippen molar-refractivity contribution in [1.29, 1.82) is 0 Å². The molecule has 7 heteroatoms. The summed E-state index contributed by atoms with van der Waals surface area (Å²) in [6, 6.07) is 16.8. The zero-order valence-corrected chi connectivity index (χ0v) is 13.8. The number of carbonyl (C=O) groups excluding carboxylic acids is 2. The van der Waals surface area contributed by atoms with Gasteiger partial charge in [0, 0.05) is 6.54 Å². The summed E-state index contributed by atoms with van der Waals surface area (Å²) in [7, 11) is 0. The summed E-state index contributed by atoms with van der Waals surface area (Å²) in [4.78, 5) is 24.1. The molecule has 128 valence electrons. The number of rotatable bonds is 6. The third-order valence-electron chi connectivity index (χ3n) is 3.69. The van der Waals surface area contributed by atoms with E-state index in [1.165, 1.54) is 11.6 Å². The topological polar surface area (TPSA) is 86.1 Å². The first-order valence-electron chi connectivity index (χ1n) is 7.93. The van der Waals surface area contributed by atoms with Crippen molar-refractivity contribution in [3.63, 3.8) is 0 Å². The first-order valence-corrected chi connectivity index (χ1v) is 7.93. The Morgan fingerprint density at radius 1 is 1.12 bits per heavy atom. The van der Waals surface area contributed by atoms with Gasteiger partial charge in [-0.2, -0.15) is 0 Å². The zero-order valence-electron chi connectivity index (χ0n) is 13.8. The van der Waals surface area contributed by atoms with E-state index in [0.717, 1.165) is 11.1 Å². The average Bonchev–Trinajstić information content (AvgIpc) is 3.03. The second-order valence-corrected chi connectivity index (χ2v) is 5.57. The fraction of sp³-hybridized carbons (Fsp3) is 0.222. The van der Waals surface area contributed by atoms with E-state index in [0.29, 0.717) is 12.1 Å². The molecule has 0 unspecified atom stereocenters. The largest absolute Gasteiger partial charge is 0.451 e. The molecule has 1 amide bonds. The number of amides is 1. The predicted molar refractivity (Wildman–Crippen MR) is 91.4 cm³/mol.